The van der Waals surface area contributed by atoms with E-state index in [0.29, 0.717) is 29.9 Å². The van der Waals surface area contributed by atoms with Gasteiger partial charge in [0.2, 0.25) is 0 Å². The van der Waals surface area contributed by atoms with Crippen LogP contribution in [0.5, 0.6) is 0 Å². The van der Waals surface area contributed by atoms with E-state index in [2.05, 4.69) is 15.9 Å². The van der Waals surface area contributed by atoms with Gasteiger partial charge in [0.15, 0.2) is 5.78 Å². The van der Waals surface area contributed by atoms with Crippen LogP contribution in [0.25, 0.3) is 0 Å². The predicted octanol–water partition coefficient (Wildman–Crippen LogP) is 3.81. The number of hydrogen-bond donors (Lipinski definition) is 0. The van der Waals surface area contributed by atoms with Gasteiger partial charge in [-0.1, -0.05) is 15.9 Å². The minimum atomic E-state index is -0.620. The third kappa shape index (κ3) is 4.55. The lowest BCUT2D eigenvalue weighted by molar-refractivity contribution is -0.101. The van der Waals surface area contributed by atoms with E-state index in [0.717, 1.165) is 4.88 Å². The molecule has 2 rings (SSSR count). The minimum Gasteiger partial charge on any atom is -0.444 e. The van der Waals surface area contributed by atoms with Crippen LogP contribution < -0.4 is 0 Å². The first kappa shape index (κ1) is 18.4. The fourth-order valence-electron chi connectivity index (χ4n) is 2.34. The molecule has 1 atom stereocenters. The van der Waals surface area contributed by atoms with Crippen molar-refractivity contribution in [3.8, 4) is 0 Å². The zero-order chi connectivity index (χ0) is 17.3. The highest BCUT2D eigenvalue weighted by atomic mass is 79.9. The Morgan fingerprint density at radius 1 is 1.43 bits per heavy atom. The Kier molecular flexibility index (Phi) is 5.53. The number of ketones is 1. The van der Waals surface area contributed by atoms with E-state index in [1.807, 2.05) is 39.8 Å². The average Bonchev–Trinajstić information content (AvgIpc) is 2.95. The molecule has 1 amide bonds. The van der Waals surface area contributed by atoms with Crippen molar-refractivity contribution in [1.82, 2.24) is 4.90 Å². The van der Waals surface area contributed by atoms with Crippen LogP contribution in [0.15, 0.2) is 12.1 Å². The summed E-state index contributed by atoms with van der Waals surface area (Å²) in [7, 11) is 0. The van der Waals surface area contributed by atoms with Crippen LogP contribution in [0, 0.1) is 0 Å². The molecule has 0 aromatic carbocycles. The van der Waals surface area contributed by atoms with Crippen LogP contribution in [0.4, 0.5) is 4.79 Å². The van der Waals surface area contributed by atoms with Crippen LogP contribution in [-0.4, -0.2) is 47.4 Å². The zero-order valence-corrected chi connectivity index (χ0v) is 16.3. The van der Waals surface area contributed by atoms with E-state index in [-0.39, 0.29) is 11.9 Å². The second-order valence-electron chi connectivity index (χ2n) is 6.70. The molecule has 0 bridgehead atoms. The summed E-state index contributed by atoms with van der Waals surface area (Å²) in [5.74, 6) is 0.0460. The lowest BCUT2D eigenvalue weighted by atomic mass is 10.0. The Bertz CT molecular complexity index is 595. The molecule has 128 valence electrons. The SMILES string of the molecule is CC(C)(C)OC(=O)N1CCOC(C)(c2ccc(C(=O)CBr)s2)C1. The van der Waals surface area contributed by atoms with E-state index in [4.69, 9.17) is 9.47 Å². The lowest BCUT2D eigenvalue weighted by Crippen LogP contribution is -2.51. The largest absolute Gasteiger partial charge is 0.444 e. The van der Waals surface area contributed by atoms with Crippen molar-refractivity contribution in [3.05, 3.63) is 21.9 Å². The standard InChI is InChI=1S/C16H22BrNO4S/c1-15(2,3)22-14(20)18-7-8-21-16(4,10-18)13-6-5-12(23-13)11(19)9-17/h5-6H,7-10H2,1-4H3. The minimum absolute atomic E-state index is 0.0460. The van der Waals surface area contributed by atoms with Crippen molar-refractivity contribution < 1.29 is 19.1 Å². The van der Waals surface area contributed by atoms with Gasteiger partial charge in [0, 0.05) is 11.4 Å². The third-order valence-electron chi connectivity index (χ3n) is 3.45. The fraction of sp³-hybridized carbons (Fsp3) is 0.625. The molecule has 0 radical (unpaired) electrons. The van der Waals surface area contributed by atoms with Gasteiger partial charge < -0.3 is 14.4 Å². The Labute approximate surface area is 149 Å². The van der Waals surface area contributed by atoms with Gasteiger partial charge in [0.25, 0.3) is 0 Å². The zero-order valence-electron chi connectivity index (χ0n) is 13.8. The summed E-state index contributed by atoms with van der Waals surface area (Å²) in [4.78, 5) is 27.4. The highest BCUT2D eigenvalue weighted by Gasteiger charge is 2.38. The van der Waals surface area contributed by atoms with Gasteiger partial charge in [-0.05, 0) is 39.8 Å². The van der Waals surface area contributed by atoms with E-state index in [9.17, 15) is 9.59 Å². The van der Waals surface area contributed by atoms with Crippen LogP contribution in [0.3, 0.4) is 0 Å². The van der Waals surface area contributed by atoms with Crippen molar-refractivity contribution in [2.75, 3.05) is 25.0 Å². The number of rotatable bonds is 3. The molecule has 0 saturated carbocycles. The summed E-state index contributed by atoms with van der Waals surface area (Å²) in [5.41, 5.74) is -1.14. The number of carbonyl (C=O) groups is 2. The highest BCUT2D eigenvalue weighted by molar-refractivity contribution is 9.09. The van der Waals surface area contributed by atoms with Gasteiger partial charge in [-0.3, -0.25) is 4.79 Å². The van der Waals surface area contributed by atoms with Gasteiger partial charge in [-0.15, -0.1) is 11.3 Å². The Morgan fingerprint density at radius 3 is 2.74 bits per heavy atom. The van der Waals surface area contributed by atoms with Crippen molar-refractivity contribution in [1.29, 1.82) is 0 Å². The van der Waals surface area contributed by atoms with Gasteiger partial charge in [0.05, 0.1) is 23.4 Å². The first-order chi connectivity index (χ1) is 10.6. The molecule has 23 heavy (non-hydrogen) atoms. The summed E-state index contributed by atoms with van der Waals surface area (Å²) >= 11 is 4.60. The van der Waals surface area contributed by atoms with Crippen molar-refractivity contribution in [2.24, 2.45) is 0 Å². The van der Waals surface area contributed by atoms with E-state index >= 15 is 0 Å². The van der Waals surface area contributed by atoms with E-state index in [1.165, 1.54) is 11.3 Å². The van der Waals surface area contributed by atoms with Crippen LogP contribution in [0.2, 0.25) is 0 Å². The summed E-state index contributed by atoms with van der Waals surface area (Å²) in [5, 5.41) is 0.300. The number of carbonyl (C=O) groups excluding carboxylic acids is 2. The molecule has 1 aromatic heterocycles. The normalized spacial score (nSPS) is 22.0. The summed E-state index contributed by atoms with van der Waals surface area (Å²) in [6, 6.07) is 3.71. The lowest BCUT2D eigenvalue weighted by Gasteiger charge is -2.40. The fourth-order valence-corrected chi connectivity index (χ4v) is 3.86. The maximum Gasteiger partial charge on any atom is 0.410 e. The number of halogens is 1. The number of ether oxygens (including phenoxy) is 2. The maximum atomic E-state index is 12.3. The maximum absolute atomic E-state index is 12.3. The monoisotopic (exact) mass is 403 g/mol. The Morgan fingerprint density at radius 2 is 2.13 bits per heavy atom. The Balaban J connectivity index is 2.14. The van der Waals surface area contributed by atoms with Crippen molar-refractivity contribution in [3.63, 3.8) is 0 Å². The molecule has 2 heterocycles. The first-order valence-electron chi connectivity index (χ1n) is 7.46. The molecule has 1 aliphatic heterocycles. The molecule has 0 N–H and O–H groups in total. The molecule has 1 fully saturated rings. The van der Waals surface area contributed by atoms with Gasteiger partial charge in [-0.2, -0.15) is 0 Å². The number of alkyl halides is 1. The summed E-state index contributed by atoms with van der Waals surface area (Å²) < 4.78 is 11.4. The van der Waals surface area contributed by atoms with E-state index in [1.54, 1.807) is 4.90 Å². The van der Waals surface area contributed by atoms with Gasteiger partial charge in [-0.25, -0.2) is 4.79 Å². The molecule has 1 aromatic rings. The molecular formula is C16H22BrNO4S. The van der Waals surface area contributed by atoms with Crippen LogP contribution >= 0.6 is 27.3 Å². The quantitative estimate of drug-likeness (QED) is 0.568. The number of amides is 1. The molecular weight excluding hydrogens is 382 g/mol. The number of thiophene rings is 1. The van der Waals surface area contributed by atoms with Crippen LogP contribution in [-0.2, 0) is 15.1 Å². The number of morpholine rings is 1. The second kappa shape index (κ2) is 6.91. The molecule has 7 heteroatoms. The molecule has 1 saturated heterocycles. The topological polar surface area (TPSA) is 55.8 Å². The molecule has 1 aliphatic rings. The highest BCUT2D eigenvalue weighted by Crippen LogP contribution is 2.35. The smallest absolute Gasteiger partial charge is 0.410 e. The van der Waals surface area contributed by atoms with Crippen molar-refractivity contribution >= 4 is 39.1 Å². The number of nitrogens with zero attached hydrogens (tertiary/aromatic N) is 1. The van der Waals surface area contributed by atoms with E-state index < -0.39 is 11.2 Å². The molecule has 0 aliphatic carbocycles. The number of Topliss-reactive ketones (excluding diaryl/α,β-unsaturated/α-hetero) is 1. The Hall–Kier alpha value is -0.920. The average molecular weight is 404 g/mol. The van der Waals surface area contributed by atoms with Crippen LogP contribution in [0.1, 0.15) is 42.2 Å². The summed E-state index contributed by atoms with van der Waals surface area (Å²) in [6.45, 7) is 8.84. The van der Waals surface area contributed by atoms with Crippen molar-refractivity contribution in [2.45, 2.75) is 38.9 Å². The molecule has 5 nitrogen and oxygen atoms in total. The number of hydrogen-bond acceptors (Lipinski definition) is 5. The first-order valence-corrected chi connectivity index (χ1v) is 9.40. The third-order valence-corrected chi connectivity index (χ3v) is 5.33. The predicted molar refractivity (Wildman–Crippen MR) is 93.6 cm³/mol. The molecule has 1 unspecified atom stereocenters. The van der Waals surface area contributed by atoms with Gasteiger partial charge in [0.1, 0.15) is 11.2 Å². The molecule has 0 spiro atoms. The van der Waals surface area contributed by atoms with Gasteiger partial charge >= 0.3 is 6.09 Å². The second-order valence-corrected chi connectivity index (χ2v) is 8.35. The summed E-state index contributed by atoms with van der Waals surface area (Å²) in [6.07, 6.45) is -0.333.